The van der Waals surface area contributed by atoms with Gasteiger partial charge in [-0.2, -0.15) is 13.5 Å². The van der Waals surface area contributed by atoms with Gasteiger partial charge in [0.05, 0.1) is 6.20 Å². The van der Waals surface area contributed by atoms with Gasteiger partial charge >= 0.3 is 0 Å². The minimum atomic E-state index is 0. The number of aryl methyl sites for hydroxylation is 2. The third-order valence-electron chi connectivity index (χ3n) is 1.02. The fraction of sp³-hybridized carbons (Fsp3) is 0.667. The average molecular weight is 189 g/mol. The molecule has 0 fully saturated rings. The highest BCUT2D eigenvalue weighted by Gasteiger charge is 1.92. The highest BCUT2D eigenvalue weighted by Crippen LogP contribution is 2.00. The number of hydrogen-bond donors (Lipinski definition) is 0. The van der Waals surface area contributed by atoms with Crippen molar-refractivity contribution in [3.63, 3.8) is 0 Å². The van der Waals surface area contributed by atoms with Crippen molar-refractivity contribution in [2.24, 2.45) is 0 Å². The first-order valence-electron chi connectivity index (χ1n) is 4.15. The van der Waals surface area contributed by atoms with Crippen LogP contribution in [0.3, 0.4) is 0 Å². The third-order valence-corrected chi connectivity index (χ3v) is 1.02. The van der Waals surface area contributed by atoms with Crippen LogP contribution in [0.2, 0.25) is 0 Å². The van der Waals surface area contributed by atoms with Crippen LogP contribution in [0, 0.1) is 6.92 Å². The summed E-state index contributed by atoms with van der Waals surface area (Å²) in [6.45, 7) is 8.14. The lowest BCUT2D eigenvalue weighted by Crippen LogP contribution is -1.67. The van der Waals surface area contributed by atoms with Crippen LogP contribution in [-0.2, 0) is 6.42 Å². The molecule has 0 aliphatic rings. The lowest BCUT2D eigenvalue weighted by molar-refractivity contribution is 0.480. The van der Waals surface area contributed by atoms with Crippen molar-refractivity contribution in [3.8, 4) is 0 Å². The van der Waals surface area contributed by atoms with E-state index in [1.807, 2.05) is 13.8 Å². The number of nitrogens with zero attached hydrogens (tertiary/aromatic N) is 1. The molecule has 0 radical (unpaired) electrons. The standard InChI is InChI=1S/C6H9NO.C3H8.H2S/c1-3-6-4-7-5(2)8-6;1-3-2;/h4H,3H2,1-2H3;3H2,1-2H3;1H2. The zero-order valence-electron chi connectivity index (χ0n) is 8.35. The first-order chi connectivity index (χ1) is 5.24. The maximum Gasteiger partial charge on any atom is 0.191 e. The van der Waals surface area contributed by atoms with Crippen LogP contribution in [0.15, 0.2) is 10.6 Å². The van der Waals surface area contributed by atoms with Crippen molar-refractivity contribution >= 4 is 13.5 Å². The summed E-state index contributed by atoms with van der Waals surface area (Å²) in [6.07, 6.45) is 3.94. The van der Waals surface area contributed by atoms with Crippen LogP contribution in [-0.4, -0.2) is 4.98 Å². The largest absolute Gasteiger partial charge is 0.446 e. The van der Waals surface area contributed by atoms with E-state index in [-0.39, 0.29) is 13.5 Å². The van der Waals surface area contributed by atoms with E-state index < -0.39 is 0 Å². The third kappa shape index (κ3) is 6.28. The van der Waals surface area contributed by atoms with Crippen LogP contribution < -0.4 is 0 Å². The first-order valence-corrected chi connectivity index (χ1v) is 4.15. The fourth-order valence-electron chi connectivity index (χ4n) is 0.569. The summed E-state index contributed by atoms with van der Waals surface area (Å²) in [7, 11) is 0. The van der Waals surface area contributed by atoms with Crippen LogP contribution >= 0.6 is 13.5 Å². The number of rotatable bonds is 1. The Balaban J connectivity index is 0. The summed E-state index contributed by atoms with van der Waals surface area (Å²) in [5, 5.41) is 0. The summed E-state index contributed by atoms with van der Waals surface area (Å²) < 4.78 is 5.12. The molecule has 0 bridgehead atoms. The summed E-state index contributed by atoms with van der Waals surface area (Å²) in [5.41, 5.74) is 0. The molecule has 1 aromatic heterocycles. The van der Waals surface area contributed by atoms with Gasteiger partial charge in [-0.1, -0.05) is 27.2 Å². The zero-order chi connectivity index (χ0) is 8.69. The van der Waals surface area contributed by atoms with E-state index in [0.717, 1.165) is 18.1 Å². The van der Waals surface area contributed by atoms with Gasteiger partial charge in [0.25, 0.3) is 0 Å². The van der Waals surface area contributed by atoms with E-state index in [1.54, 1.807) is 6.20 Å². The van der Waals surface area contributed by atoms with E-state index in [4.69, 9.17) is 4.42 Å². The molecule has 1 heterocycles. The van der Waals surface area contributed by atoms with Crippen LogP contribution in [0.5, 0.6) is 0 Å². The number of hydrogen-bond acceptors (Lipinski definition) is 2. The van der Waals surface area contributed by atoms with Crippen molar-refractivity contribution in [1.82, 2.24) is 4.98 Å². The summed E-state index contributed by atoms with van der Waals surface area (Å²) in [6, 6.07) is 0. The molecule has 0 spiro atoms. The summed E-state index contributed by atoms with van der Waals surface area (Å²) >= 11 is 0. The molecule has 2 nitrogen and oxygen atoms in total. The van der Waals surface area contributed by atoms with Crippen molar-refractivity contribution in [3.05, 3.63) is 17.8 Å². The molecule has 0 aromatic carbocycles. The monoisotopic (exact) mass is 189 g/mol. The molecule has 12 heavy (non-hydrogen) atoms. The lowest BCUT2D eigenvalue weighted by Gasteiger charge is -1.80. The molecule has 0 unspecified atom stereocenters. The molecule has 1 aromatic rings. The first kappa shape index (κ1) is 14.1. The predicted molar refractivity (Wildman–Crippen MR) is 57.0 cm³/mol. The van der Waals surface area contributed by atoms with Crippen LogP contribution in [0.4, 0.5) is 0 Å². The maximum atomic E-state index is 5.12. The predicted octanol–water partition coefficient (Wildman–Crippen LogP) is 3.07. The average Bonchev–Trinajstić information content (AvgIpc) is 2.37. The molecule has 72 valence electrons. The van der Waals surface area contributed by atoms with Gasteiger partial charge in [-0.05, 0) is 0 Å². The Kier molecular flexibility index (Phi) is 10.2. The Morgan fingerprint density at radius 3 is 2.00 bits per heavy atom. The Morgan fingerprint density at radius 2 is 1.83 bits per heavy atom. The van der Waals surface area contributed by atoms with Gasteiger partial charge in [-0.25, -0.2) is 4.98 Å². The second-order valence-electron chi connectivity index (χ2n) is 2.41. The van der Waals surface area contributed by atoms with Gasteiger partial charge in [-0.15, -0.1) is 0 Å². The fourth-order valence-corrected chi connectivity index (χ4v) is 0.569. The van der Waals surface area contributed by atoms with Crippen LogP contribution in [0.25, 0.3) is 0 Å². The van der Waals surface area contributed by atoms with Crippen molar-refractivity contribution in [2.75, 3.05) is 0 Å². The van der Waals surface area contributed by atoms with Crippen molar-refractivity contribution in [2.45, 2.75) is 40.5 Å². The molecule has 0 saturated carbocycles. The number of oxazole rings is 1. The SMILES string of the molecule is CCC.CCc1cnc(C)o1.S. The highest BCUT2D eigenvalue weighted by molar-refractivity contribution is 7.59. The van der Waals surface area contributed by atoms with Gasteiger partial charge in [0, 0.05) is 13.3 Å². The van der Waals surface area contributed by atoms with Gasteiger partial charge in [-0.3, -0.25) is 0 Å². The van der Waals surface area contributed by atoms with E-state index in [1.165, 1.54) is 6.42 Å². The Labute approximate surface area is 81.8 Å². The molecule has 3 heteroatoms. The molecule has 0 aliphatic carbocycles. The van der Waals surface area contributed by atoms with Gasteiger partial charge in [0.2, 0.25) is 0 Å². The molecule has 0 N–H and O–H groups in total. The van der Waals surface area contributed by atoms with Gasteiger partial charge < -0.3 is 4.42 Å². The molecular formula is C9H19NOS. The summed E-state index contributed by atoms with van der Waals surface area (Å²) in [4.78, 5) is 3.92. The molecular weight excluding hydrogens is 170 g/mol. The maximum absolute atomic E-state index is 5.12. The van der Waals surface area contributed by atoms with E-state index in [2.05, 4.69) is 18.8 Å². The molecule has 0 amide bonds. The Hall–Kier alpha value is -0.440. The normalized spacial score (nSPS) is 8.00. The van der Waals surface area contributed by atoms with E-state index >= 15 is 0 Å². The van der Waals surface area contributed by atoms with Crippen LogP contribution in [0.1, 0.15) is 38.8 Å². The van der Waals surface area contributed by atoms with Crippen molar-refractivity contribution in [1.29, 1.82) is 0 Å². The molecule has 0 aliphatic heterocycles. The summed E-state index contributed by atoms with van der Waals surface area (Å²) in [5.74, 6) is 1.71. The van der Waals surface area contributed by atoms with Gasteiger partial charge in [0.1, 0.15) is 5.76 Å². The number of aromatic nitrogens is 1. The highest BCUT2D eigenvalue weighted by atomic mass is 32.1. The topological polar surface area (TPSA) is 26.0 Å². The van der Waals surface area contributed by atoms with E-state index in [9.17, 15) is 0 Å². The van der Waals surface area contributed by atoms with E-state index in [0.29, 0.717) is 0 Å². The minimum Gasteiger partial charge on any atom is -0.446 e. The van der Waals surface area contributed by atoms with Gasteiger partial charge in [0.15, 0.2) is 5.89 Å². The van der Waals surface area contributed by atoms with Crippen molar-refractivity contribution < 1.29 is 4.42 Å². The minimum absolute atomic E-state index is 0. The lowest BCUT2D eigenvalue weighted by atomic mass is 10.4. The Morgan fingerprint density at radius 1 is 1.33 bits per heavy atom. The Bertz CT molecular complexity index is 186. The second-order valence-corrected chi connectivity index (χ2v) is 2.41. The smallest absolute Gasteiger partial charge is 0.191 e. The molecule has 1 rings (SSSR count). The molecule has 0 atom stereocenters. The quantitative estimate of drug-likeness (QED) is 0.678. The molecule has 0 saturated heterocycles. The second kappa shape index (κ2) is 8.65. The zero-order valence-corrected chi connectivity index (χ0v) is 9.35.